The van der Waals surface area contributed by atoms with Crippen molar-refractivity contribution in [2.45, 2.75) is 44.2 Å². The van der Waals surface area contributed by atoms with Crippen molar-refractivity contribution >= 4 is 29.2 Å². The minimum Gasteiger partial charge on any atom is -0.466 e. The number of carbonyl (C=O) groups is 1. The first-order valence-corrected chi connectivity index (χ1v) is 8.81. The highest BCUT2D eigenvalue weighted by atomic mass is 35.5. The van der Waals surface area contributed by atoms with E-state index in [-0.39, 0.29) is 11.6 Å². The Balaban J connectivity index is 1.83. The van der Waals surface area contributed by atoms with Crippen molar-refractivity contribution in [3.8, 4) is 0 Å². The van der Waals surface area contributed by atoms with E-state index < -0.39 is 0 Å². The minimum absolute atomic E-state index is 0.207. The Hall–Kier alpha value is -0.810. The van der Waals surface area contributed by atoms with E-state index in [0.717, 1.165) is 30.5 Å². The van der Waals surface area contributed by atoms with Crippen molar-refractivity contribution < 1.29 is 14.3 Å². The first-order chi connectivity index (χ1) is 11.1. The topological polar surface area (TPSA) is 47.6 Å². The van der Waals surface area contributed by atoms with Crippen molar-refractivity contribution in [2.75, 3.05) is 19.8 Å². The molecule has 1 N–H and O–H groups in total. The quantitative estimate of drug-likeness (QED) is 0.791. The van der Waals surface area contributed by atoms with Crippen LogP contribution in [0.15, 0.2) is 12.1 Å². The molecule has 0 saturated carbocycles. The SMILES string of the molecule is CCCOC(=O)CCc1c(C23CNC(CO2)C3)ccc(Cl)c1Cl. The lowest BCUT2D eigenvalue weighted by Gasteiger charge is -2.30. The molecule has 2 fully saturated rings. The Morgan fingerprint density at radius 2 is 2.30 bits per heavy atom. The van der Waals surface area contributed by atoms with E-state index in [4.69, 9.17) is 32.7 Å². The molecule has 2 saturated heterocycles. The van der Waals surface area contributed by atoms with E-state index in [1.165, 1.54) is 0 Å². The lowest BCUT2D eigenvalue weighted by atomic mass is 9.87. The zero-order chi connectivity index (χ0) is 16.4. The molecule has 4 nitrogen and oxygen atoms in total. The van der Waals surface area contributed by atoms with E-state index >= 15 is 0 Å². The lowest BCUT2D eigenvalue weighted by molar-refractivity contribution is -0.143. The third kappa shape index (κ3) is 3.36. The van der Waals surface area contributed by atoms with Crippen LogP contribution < -0.4 is 5.32 Å². The standard InChI is InChI=1S/C17H21Cl2NO3/c1-2-7-22-15(21)6-3-12-13(4-5-14(18)16(12)19)17-8-11(9-23-17)20-10-17/h4-5,11,20H,2-3,6-10H2,1H3. The number of ether oxygens (including phenoxy) is 2. The summed E-state index contributed by atoms with van der Waals surface area (Å²) in [4.78, 5) is 11.8. The van der Waals surface area contributed by atoms with Gasteiger partial charge in [-0.1, -0.05) is 36.2 Å². The van der Waals surface area contributed by atoms with Crippen LogP contribution in [0, 0.1) is 0 Å². The van der Waals surface area contributed by atoms with Crippen LogP contribution in [0.25, 0.3) is 0 Å². The van der Waals surface area contributed by atoms with Crippen molar-refractivity contribution in [1.82, 2.24) is 5.32 Å². The molecule has 2 atom stereocenters. The first kappa shape index (κ1) is 17.0. The largest absolute Gasteiger partial charge is 0.466 e. The van der Waals surface area contributed by atoms with Crippen LogP contribution in [0.1, 0.15) is 37.3 Å². The van der Waals surface area contributed by atoms with Gasteiger partial charge in [-0.3, -0.25) is 4.79 Å². The predicted octanol–water partition coefficient (Wildman–Crippen LogP) is 3.47. The molecule has 0 amide bonds. The number of carbonyl (C=O) groups excluding carboxylic acids is 1. The minimum atomic E-state index is -0.346. The molecule has 1 aromatic rings. The molecule has 0 aliphatic carbocycles. The van der Waals surface area contributed by atoms with Gasteiger partial charge in [0, 0.05) is 19.0 Å². The molecule has 1 aromatic carbocycles. The Morgan fingerprint density at radius 3 is 2.91 bits per heavy atom. The van der Waals surface area contributed by atoms with E-state index in [2.05, 4.69) is 5.32 Å². The van der Waals surface area contributed by atoms with Crippen molar-refractivity contribution in [3.63, 3.8) is 0 Å². The van der Waals surface area contributed by atoms with E-state index in [0.29, 0.717) is 42.1 Å². The van der Waals surface area contributed by atoms with Crippen molar-refractivity contribution in [1.29, 1.82) is 0 Å². The number of rotatable bonds is 6. The van der Waals surface area contributed by atoms with Crippen molar-refractivity contribution in [3.05, 3.63) is 33.3 Å². The van der Waals surface area contributed by atoms with Gasteiger partial charge in [0.25, 0.3) is 0 Å². The number of hydrogen-bond acceptors (Lipinski definition) is 4. The summed E-state index contributed by atoms with van der Waals surface area (Å²) in [7, 11) is 0. The summed E-state index contributed by atoms with van der Waals surface area (Å²) in [5.74, 6) is -0.207. The average molecular weight is 358 g/mol. The molecule has 2 aliphatic rings. The summed E-state index contributed by atoms with van der Waals surface area (Å²) in [6.45, 7) is 3.90. The summed E-state index contributed by atoms with van der Waals surface area (Å²) in [6, 6.07) is 4.19. The number of fused-ring (bicyclic) bond motifs is 2. The number of morpholine rings is 1. The molecular weight excluding hydrogens is 337 g/mol. The summed E-state index contributed by atoms with van der Waals surface area (Å²) in [6.07, 6.45) is 2.55. The maximum atomic E-state index is 11.8. The summed E-state index contributed by atoms with van der Waals surface area (Å²) in [5.41, 5.74) is 1.60. The molecule has 126 valence electrons. The van der Waals surface area contributed by atoms with Gasteiger partial charge in [-0.2, -0.15) is 0 Å². The Bertz CT molecular complexity index is 598. The van der Waals surface area contributed by atoms with Crippen LogP contribution in [-0.2, 0) is 26.3 Å². The van der Waals surface area contributed by atoms with Gasteiger partial charge in [0.2, 0.25) is 0 Å². The van der Waals surface area contributed by atoms with Crippen LogP contribution >= 0.6 is 23.2 Å². The van der Waals surface area contributed by atoms with E-state index in [1.807, 2.05) is 19.1 Å². The smallest absolute Gasteiger partial charge is 0.306 e. The Kier molecular flexibility index (Phi) is 5.16. The molecule has 3 rings (SSSR count). The molecule has 0 radical (unpaired) electrons. The van der Waals surface area contributed by atoms with Crippen molar-refractivity contribution in [2.24, 2.45) is 0 Å². The van der Waals surface area contributed by atoms with E-state index in [1.54, 1.807) is 0 Å². The molecule has 2 bridgehead atoms. The maximum Gasteiger partial charge on any atom is 0.306 e. The highest BCUT2D eigenvalue weighted by molar-refractivity contribution is 6.42. The van der Waals surface area contributed by atoms with Crippen LogP contribution in [0.2, 0.25) is 10.0 Å². The molecule has 0 spiro atoms. The Labute approximate surface area is 146 Å². The first-order valence-electron chi connectivity index (χ1n) is 8.06. The van der Waals surface area contributed by atoms with Crippen LogP contribution in [-0.4, -0.2) is 31.8 Å². The maximum absolute atomic E-state index is 11.8. The zero-order valence-electron chi connectivity index (χ0n) is 13.2. The fraction of sp³-hybridized carbons (Fsp3) is 0.588. The van der Waals surface area contributed by atoms with Gasteiger partial charge < -0.3 is 14.8 Å². The zero-order valence-corrected chi connectivity index (χ0v) is 14.7. The molecule has 0 aromatic heterocycles. The fourth-order valence-corrected chi connectivity index (χ4v) is 3.84. The van der Waals surface area contributed by atoms with Crippen LogP contribution in [0.5, 0.6) is 0 Å². The highest BCUT2D eigenvalue weighted by Crippen LogP contribution is 2.44. The average Bonchev–Trinajstić information content (AvgIpc) is 3.16. The van der Waals surface area contributed by atoms with E-state index in [9.17, 15) is 4.79 Å². The molecule has 2 unspecified atom stereocenters. The fourth-order valence-electron chi connectivity index (χ4n) is 3.40. The van der Waals surface area contributed by atoms with Gasteiger partial charge in [0.05, 0.1) is 23.3 Å². The third-order valence-electron chi connectivity index (χ3n) is 4.55. The molecule has 6 heteroatoms. The third-order valence-corrected chi connectivity index (χ3v) is 5.39. The number of esters is 1. The van der Waals surface area contributed by atoms with Gasteiger partial charge in [0.15, 0.2) is 0 Å². The second-order valence-electron chi connectivity index (χ2n) is 6.20. The summed E-state index contributed by atoms with van der Waals surface area (Å²) in [5, 5.41) is 4.48. The molecular formula is C17H21Cl2NO3. The van der Waals surface area contributed by atoms with Crippen LogP contribution in [0.3, 0.4) is 0 Å². The summed E-state index contributed by atoms with van der Waals surface area (Å²) < 4.78 is 11.2. The Morgan fingerprint density at radius 1 is 1.48 bits per heavy atom. The van der Waals surface area contributed by atoms with Gasteiger partial charge in [-0.05, 0) is 36.5 Å². The second-order valence-corrected chi connectivity index (χ2v) is 6.98. The second kappa shape index (κ2) is 6.98. The van der Waals surface area contributed by atoms with Crippen LogP contribution in [0.4, 0.5) is 0 Å². The number of hydrogen-bond donors (Lipinski definition) is 1. The van der Waals surface area contributed by atoms with Gasteiger partial charge in [-0.15, -0.1) is 0 Å². The number of nitrogens with one attached hydrogen (secondary N) is 1. The molecule has 2 aliphatic heterocycles. The highest BCUT2D eigenvalue weighted by Gasteiger charge is 2.48. The van der Waals surface area contributed by atoms with Gasteiger partial charge >= 0.3 is 5.97 Å². The number of benzene rings is 1. The summed E-state index contributed by atoms with van der Waals surface area (Å²) >= 11 is 12.6. The van der Waals surface area contributed by atoms with Gasteiger partial charge in [-0.25, -0.2) is 0 Å². The predicted molar refractivity (Wildman–Crippen MR) is 90.1 cm³/mol. The lowest BCUT2D eigenvalue weighted by Crippen LogP contribution is -2.38. The van der Waals surface area contributed by atoms with Gasteiger partial charge in [0.1, 0.15) is 5.60 Å². The molecule has 23 heavy (non-hydrogen) atoms. The normalized spacial score (nSPS) is 25.8. The monoisotopic (exact) mass is 357 g/mol. The number of halogens is 2. The molecule has 2 heterocycles.